The van der Waals surface area contributed by atoms with Gasteiger partial charge in [-0.1, -0.05) is 6.07 Å². The lowest BCUT2D eigenvalue weighted by Gasteiger charge is -2.33. The van der Waals surface area contributed by atoms with Gasteiger partial charge in [0.25, 0.3) is 10.0 Å². The molecule has 0 N–H and O–H groups in total. The van der Waals surface area contributed by atoms with Gasteiger partial charge in [-0.25, -0.2) is 8.42 Å². The van der Waals surface area contributed by atoms with Crippen LogP contribution in [0.3, 0.4) is 0 Å². The summed E-state index contributed by atoms with van der Waals surface area (Å²) in [6.45, 7) is 2.49. The van der Waals surface area contributed by atoms with Crippen LogP contribution in [0.15, 0.2) is 27.8 Å². The van der Waals surface area contributed by atoms with Crippen LogP contribution in [0, 0.1) is 17.0 Å². The highest BCUT2D eigenvalue weighted by Crippen LogP contribution is 2.22. The molecule has 0 unspecified atom stereocenters. The van der Waals surface area contributed by atoms with Crippen LogP contribution in [0.5, 0.6) is 0 Å². The summed E-state index contributed by atoms with van der Waals surface area (Å²) >= 11 is 1.16. The molecule has 0 radical (unpaired) electrons. The second-order valence-electron chi connectivity index (χ2n) is 5.78. The molecule has 1 saturated heterocycles. The van der Waals surface area contributed by atoms with Gasteiger partial charge in [0, 0.05) is 26.2 Å². The number of nitro groups is 1. The average molecular weight is 399 g/mol. The first kappa shape index (κ1) is 18.5. The highest BCUT2D eigenvalue weighted by Gasteiger charge is 2.31. The van der Waals surface area contributed by atoms with E-state index in [2.05, 4.69) is 5.10 Å². The van der Waals surface area contributed by atoms with Gasteiger partial charge in [0.2, 0.25) is 5.91 Å². The number of aromatic nitrogens is 2. The van der Waals surface area contributed by atoms with Crippen molar-refractivity contribution in [3.05, 3.63) is 39.4 Å². The van der Waals surface area contributed by atoms with Crippen molar-refractivity contribution in [1.29, 1.82) is 0 Å². The van der Waals surface area contributed by atoms with Gasteiger partial charge in [-0.15, -0.1) is 11.3 Å². The third kappa shape index (κ3) is 3.61. The van der Waals surface area contributed by atoms with Crippen molar-refractivity contribution in [3.63, 3.8) is 0 Å². The number of hydrogen-bond donors (Lipinski definition) is 0. The number of nitrogens with zero attached hydrogens (tertiary/aromatic N) is 5. The molecule has 3 heterocycles. The predicted octanol–water partition coefficient (Wildman–Crippen LogP) is 0.694. The Kier molecular flexibility index (Phi) is 5.07. The highest BCUT2D eigenvalue weighted by atomic mass is 32.2. The lowest BCUT2D eigenvalue weighted by atomic mass is 10.3. The fourth-order valence-corrected chi connectivity index (χ4v) is 5.25. The van der Waals surface area contributed by atoms with Crippen molar-refractivity contribution in [3.8, 4) is 0 Å². The first-order chi connectivity index (χ1) is 12.3. The van der Waals surface area contributed by atoms with Gasteiger partial charge >= 0.3 is 5.82 Å². The number of sulfonamides is 1. The molecule has 140 valence electrons. The van der Waals surface area contributed by atoms with Crippen LogP contribution in [0.1, 0.15) is 5.69 Å². The normalized spacial score (nSPS) is 16.0. The molecule has 0 bridgehead atoms. The quantitative estimate of drug-likeness (QED) is 0.539. The zero-order valence-electron chi connectivity index (χ0n) is 13.9. The van der Waals surface area contributed by atoms with Gasteiger partial charge in [0.15, 0.2) is 0 Å². The molecule has 3 rings (SSSR count). The summed E-state index contributed by atoms with van der Waals surface area (Å²) in [7, 11) is -3.52. The van der Waals surface area contributed by atoms with E-state index in [9.17, 15) is 23.3 Å². The van der Waals surface area contributed by atoms with Crippen LogP contribution < -0.4 is 0 Å². The monoisotopic (exact) mass is 399 g/mol. The molecule has 10 nitrogen and oxygen atoms in total. The lowest BCUT2D eigenvalue weighted by Crippen LogP contribution is -2.51. The van der Waals surface area contributed by atoms with E-state index in [0.717, 1.165) is 11.3 Å². The standard InChI is InChI=1S/C14H17N5O5S2/c1-11-9-12(19(21)22)15-18(11)10-13(20)16-4-6-17(7-5-16)26(23,24)14-3-2-8-25-14/h2-3,8-9H,4-7,10H2,1H3. The topological polar surface area (TPSA) is 119 Å². The summed E-state index contributed by atoms with van der Waals surface area (Å²) in [5, 5.41) is 16.3. The number of piperazine rings is 1. The Bertz CT molecular complexity index is 914. The van der Waals surface area contributed by atoms with Crippen molar-refractivity contribution in [1.82, 2.24) is 19.0 Å². The minimum absolute atomic E-state index is 0.114. The highest BCUT2D eigenvalue weighted by molar-refractivity contribution is 7.91. The Labute approximate surface area is 153 Å². The molecule has 0 atom stereocenters. The lowest BCUT2D eigenvalue weighted by molar-refractivity contribution is -0.389. The van der Waals surface area contributed by atoms with Gasteiger partial charge in [-0.3, -0.25) is 4.79 Å². The zero-order chi connectivity index (χ0) is 18.9. The van der Waals surface area contributed by atoms with Gasteiger partial charge in [-0.05, 0) is 23.3 Å². The van der Waals surface area contributed by atoms with Gasteiger partial charge in [-0.2, -0.15) is 8.99 Å². The van der Waals surface area contributed by atoms with E-state index in [1.165, 1.54) is 15.1 Å². The summed E-state index contributed by atoms with van der Waals surface area (Å²) in [4.78, 5) is 24.1. The van der Waals surface area contributed by atoms with E-state index in [0.29, 0.717) is 5.69 Å². The van der Waals surface area contributed by atoms with E-state index < -0.39 is 14.9 Å². The Morgan fingerprint density at radius 2 is 2.04 bits per heavy atom. The van der Waals surface area contributed by atoms with E-state index in [-0.39, 0.29) is 48.7 Å². The summed E-state index contributed by atoms with van der Waals surface area (Å²) in [5.74, 6) is -0.554. The number of aryl methyl sites for hydroxylation is 1. The average Bonchev–Trinajstić information content (AvgIpc) is 3.26. The number of carbonyl (C=O) groups excluding carboxylic acids is 1. The number of hydrogen-bond acceptors (Lipinski definition) is 7. The minimum Gasteiger partial charge on any atom is -0.358 e. The predicted molar refractivity (Wildman–Crippen MR) is 93.3 cm³/mol. The van der Waals surface area contributed by atoms with Crippen molar-refractivity contribution < 1.29 is 18.1 Å². The van der Waals surface area contributed by atoms with Crippen LogP contribution in [0.25, 0.3) is 0 Å². The maximum Gasteiger partial charge on any atom is 0.390 e. The summed E-state index contributed by atoms with van der Waals surface area (Å²) in [6, 6.07) is 4.55. The number of thiophene rings is 1. The third-order valence-corrected chi connectivity index (χ3v) is 7.39. The zero-order valence-corrected chi connectivity index (χ0v) is 15.6. The summed E-state index contributed by atoms with van der Waals surface area (Å²) < 4.78 is 27.9. The number of rotatable bonds is 5. The Morgan fingerprint density at radius 3 is 2.58 bits per heavy atom. The fourth-order valence-electron chi connectivity index (χ4n) is 2.69. The molecule has 1 aliphatic heterocycles. The first-order valence-electron chi connectivity index (χ1n) is 7.79. The van der Waals surface area contributed by atoms with Crippen LogP contribution in [-0.4, -0.2) is 64.4 Å². The second-order valence-corrected chi connectivity index (χ2v) is 8.89. The Balaban J connectivity index is 1.61. The Hall–Kier alpha value is -2.31. The van der Waals surface area contributed by atoms with Crippen LogP contribution in [0.4, 0.5) is 5.82 Å². The van der Waals surface area contributed by atoms with E-state index in [4.69, 9.17) is 0 Å². The van der Waals surface area contributed by atoms with E-state index >= 15 is 0 Å². The van der Waals surface area contributed by atoms with Crippen molar-refractivity contribution >= 4 is 33.1 Å². The third-order valence-electron chi connectivity index (χ3n) is 4.12. The molecular weight excluding hydrogens is 382 g/mol. The summed E-state index contributed by atoms with van der Waals surface area (Å²) in [5.41, 5.74) is 0.518. The van der Waals surface area contributed by atoms with Gasteiger partial charge in [0.05, 0.1) is 16.9 Å². The molecule has 1 fully saturated rings. The van der Waals surface area contributed by atoms with E-state index in [1.807, 2.05) is 0 Å². The molecule has 26 heavy (non-hydrogen) atoms. The van der Waals surface area contributed by atoms with Crippen LogP contribution >= 0.6 is 11.3 Å². The minimum atomic E-state index is -3.52. The van der Waals surface area contributed by atoms with Gasteiger partial charge in [0.1, 0.15) is 10.8 Å². The number of carbonyl (C=O) groups is 1. The van der Waals surface area contributed by atoms with Crippen molar-refractivity contribution in [2.75, 3.05) is 26.2 Å². The largest absolute Gasteiger partial charge is 0.390 e. The maximum atomic E-state index is 12.5. The molecule has 2 aromatic heterocycles. The van der Waals surface area contributed by atoms with Crippen LogP contribution in [0.2, 0.25) is 0 Å². The molecule has 0 aliphatic carbocycles. The summed E-state index contributed by atoms with van der Waals surface area (Å²) in [6.07, 6.45) is 0. The first-order valence-corrected chi connectivity index (χ1v) is 10.1. The molecule has 0 aromatic carbocycles. The Morgan fingerprint density at radius 1 is 1.35 bits per heavy atom. The molecule has 0 saturated carbocycles. The fraction of sp³-hybridized carbons (Fsp3) is 0.429. The molecule has 1 aliphatic rings. The second kappa shape index (κ2) is 7.13. The number of amides is 1. The molecule has 1 amide bonds. The maximum absolute atomic E-state index is 12.5. The molecular formula is C14H17N5O5S2. The van der Waals surface area contributed by atoms with Crippen molar-refractivity contribution in [2.24, 2.45) is 0 Å². The molecule has 0 spiro atoms. The van der Waals surface area contributed by atoms with Crippen molar-refractivity contribution in [2.45, 2.75) is 17.7 Å². The van der Waals surface area contributed by atoms with E-state index in [1.54, 1.807) is 29.3 Å². The molecule has 12 heteroatoms. The SMILES string of the molecule is Cc1cc([N+](=O)[O-])nn1CC(=O)N1CCN(S(=O)(=O)c2cccs2)CC1. The smallest absolute Gasteiger partial charge is 0.358 e. The van der Waals surface area contributed by atoms with Crippen LogP contribution in [-0.2, 0) is 21.4 Å². The van der Waals surface area contributed by atoms with Gasteiger partial charge < -0.3 is 15.0 Å². The molecule has 2 aromatic rings.